The number of amides is 1. The van der Waals surface area contributed by atoms with Crippen molar-refractivity contribution in [3.05, 3.63) is 0 Å². The van der Waals surface area contributed by atoms with Crippen LogP contribution in [0.25, 0.3) is 0 Å². The SMILES string of the molecule is C#CCNC1CCN(C(C)C)C1=O. The molecule has 72 valence electrons. The normalized spacial score (nSPS) is 22.5. The standard InChI is InChI=1S/C10H16N2O/c1-4-6-11-9-5-7-12(8(2)3)10(9)13/h1,8-9,11H,5-7H2,2-3H3. The van der Waals surface area contributed by atoms with Crippen LogP contribution in [0, 0.1) is 12.3 Å². The molecule has 0 aliphatic carbocycles. The summed E-state index contributed by atoms with van der Waals surface area (Å²) >= 11 is 0. The minimum atomic E-state index is -0.0570. The number of carbonyl (C=O) groups excluding carboxylic acids is 1. The number of nitrogens with one attached hydrogen (secondary N) is 1. The molecule has 1 unspecified atom stereocenters. The van der Waals surface area contributed by atoms with Crippen LogP contribution in [0.3, 0.4) is 0 Å². The molecule has 1 amide bonds. The van der Waals surface area contributed by atoms with Crippen LogP contribution < -0.4 is 5.32 Å². The maximum absolute atomic E-state index is 11.6. The molecule has 0 aromatic heterocycles. The number of nitrogens with zero attached hydrogens (tertiary/aromatic N) is 1. The fraction of sp³-hybridized carbons (Fsp3) is 0.700. The number of hydrogen-bond acceptors (Lipinski definition) is 2. The summed E-state index contributed by atoms with van der Waals surface area (Å²) in [5, 5.41) is 3.04. The minimum Gasteiger partial charge on any atom is -0.339 e. The van der Waals surface area contributed by atoms with Gasteiger partial charge in [0, 0.05) is 12.6 Å². The average Bonchev–Trinajstić information content (AvgIpc) is 2.43. The van der Waals surface area contributed by atoms with Crippen molar-refractivity contribution >= 4 is 5.91 Å². The predicted octanol–water partition coefficient (Wildman–Crippen LogP) is 0.218. The van der Waals surface area contributed by atoms with Crippen LogP contribution in [0.2, 0.25) is 0 Å². The molecule has 0 aromatic carbocycles. The smallest absolute Gasteiger partial charge is 0.240 e. The zero-order chi connectivity index (χ0) is 9.84. The van der Waals surface area contributed by atoms with Gasteiger partial charge in [-0.1, -0.05) is 5.92 Å². The molecule has 0 aromatic rings. The maximum Gasteiger partial charge on any atom is 0.240 e. The summed E-state index contributed by atoms with van der Waals surface area (Å²) in [6.45, 7) is 5.38. The molecule has 3 heteroatoms. The van der Waals surface area contributed by atoms with Gasteiger partial charge in [-0.3, -0.25) is 10.1 Å². The van der Waals surface area contributed by atoms with Gasteiger partial charge in [-0.05, 0) is 20.3 Å². The lowest BCUT2D eigenvalue weighted by atomic mass is 10.2. The third-order valence-electron chi connectivity index (χ3n) is 2.31. The van der Waals surface area contributed by atoms with Gasteiger partial charge in [-0.2, -0.15) is 0 Å². The van der Waals surface area contributed by atoms with E-state index in [-0.39, 0.29) is 11.9 Å². The first-order valence-corrected chi connectivity index (χ1v) is 4.64. The monoisotopic (exact) mass is 180 g/mol. The van der Waals surface area contributed by atoms with Crippen molar-refractivity contribution in [3.63, 3.8) is 0 Å². The van der Waals surface area contributed by atoms with Gasteiger partial charge in [0.05, 0.1) is 12.6 Å². The van der Waals surface area contributed by atoms with Gasteiger partial charge in [0.1, 0.15) is 0 Å². The quantitative estimate of drug-likeness (QED) is 0.630. The van der Waals surface area contributed by atoms with Crippen molar-refractivity contribution < 1.29 is 4.79 Å². The molecular formula is C10H16N2O. The van der Waals surface area contributed by atoms with Gasteiger partial charge < -0.3 is 4.90 Å². The average molecular weight is 180 g/mol. The Morgan fingerprint density at radius 3 is 2.92 bits per heavy atom. The summed E-state index contributed by atoms with van der Waals surface area (Å²) in [5.41, 5.74) is 0. The van der Waals surface area contributed by atoms with Gasteiger partial charge in [-0.15, -0.1) is 6.42 Å². The topological polar surface area (TPSA) is 32.3 Å². The van der Waals surface area contributed by atoms with Crippen LogP contribution in [0.4, 0.5) is 0 Å². The van der Waals surface area contributed by atoms with Crippen molar-refractivity contribution in [2.24, 2.45) is 0 Å². The summed E-state index contributed by atoms with van der Waals surface area (Å²) in [4.78, 5) is 13.5. The van der Waals surface area contributed by atoms with Gasteiger partial charge in [0.2, 0.25) is 5.91 Å². The number of hydrogen-bond donors (Lipinski definition) is 1. The van der Waals surface area contributed by atoms with E-state index < -0.39 is 0 Å². The molecule has 1 N–H and O–H groups in total. The minimum absolute atomic E-state index is 0.0570. The highest BCUT2D eigenvalue weighted by Gasteiger charge is 2.31. The summed E-state index contributed by atoms with van der Waals surface area (Å²) in [6.07, 6.45) is 5.98. The first kappa shape index (κ1) is 10.1. The first-order chi connectivity index (χ1) is 6.16. The second kappa shape index (κ2) is 4.29. The zero-order valence-electron chi connectivity index (χ0n) is 8.21. The molecule has 1 fully saturated rings. The Morgan fingerprint density at radius 2 is 2.46 bits per heavy atom. The molecule has 1 saturated heterocycles. The Labute approximate surface area is 79.5 Å². The molecule has 13 heavy (non-hydrogen) atoms. The molecule has 1 rings (SSSR count). The molecule has 1 aliphatic heterocycles. The third kappa shape index (κ3) is 2.22. The molecule has 0 radical (unpaired) electrons. The van der Waals surface area contributed by atoms with Gasteiger partial charge in [-0.25, -0.2) is 0 Å². The number of likely N-dealkylation sites (tertiary alicyclic amines) is 1. The van der Waals surface area contributed by atoms with Crippen LogP contribution >= 0.6 is 0 Å². The molecule has 0 bridgehead atoms. The van der Waals surface area contributed by atoms with Gasteiger partial charge >= 0.3 is 0 Å². The van der Waals surface area contributed by atoms with E-state index in [1.54, 1.807) is 0 Å². The largest absolute Gasteiger partial charge is 0.339 e. The van der Waals surface area contributed by atoms with Crippen LogP contribution in [-0.4, -0.2) is 36.0 Å². The van der Waals surface area contributed by atoms with Crippen LogP contribution in [0.1, 0.15) is 20.3 Å². The van der Waals surface area contributed by atoms with E-state index >= 15 is 0 Å². The fourth-order valence-electron chi connectivity index (χ4n) is 1.59. The molecule has 1 aliphatic rings. The van der Waals surface area contributed by atoms with E-state index in [1.165, 1.54) is 0 Å². The highest BCUT2D eigenvalue weighted by molar-refractivity contribution is 5.84. The van der Waals surface area contributed by atoms with Crippen molar-refractivity contribution in [1.82, 2.24) is 10.2 Å². The number of terminal acetylenes is 1. The molecule has 1 heterocycles. The molecule has 1 atom stereocenters. The Bertz CT molecular complexity index is 230. The molecular weight excluding hydrogens is 164 g/mol. The maximum atomic E-state index is 11.6. The molecule has 3 nitrogen and oxygen atoms in total. The highest BCUT2D eigenvalue weighted by atomic mass is 16.2. The van der Waals surface area contributed by atoms with E-state index in [9.17, 15) is 4.79 Å². The predicted molar refractivity (Wildman–Crippen MR) is 52.1 cm³/mol. The highest BCUT2D eigenvalue weighted by Crippen LogP contribution is 2.13. The summed E-state index contributed by atoms with van der Waals surface area (Å²) in [6, 6.07) is 0.239. The lowest BCUT2D eigenvalue weighted by Gasteiger charge is -2.20. The van der Waals surface area contributed by atoms with Crippen molar-refractivity contribution in [2.45, 2.75) is 32.4 Å². The summed E-state index contributed by atoms with van der Waals surface area (Å²) in [5.74, 6) is 2.66. The Kier molecular flexibility index (Phi) is 3.32. The van der Waals surface area contributed by atoms with Crippen LogP contribution in [0.15, 0.2) is 0 Å². The summed E-state index contributed by atoms with van der Waals surface area (Å²) < 4.78 is 0. The zero-order valence-corrected chi connectivity index (χ0v) is 8.21. The Balaban J connectivity index is 2.46. The van der Waals surface area contributed by atoms with Gasteiger partial charge in [0.15, 0.2) is 0 Å². The Hall–Kier alpha value is -1.01. The lowest BCUT2D eigenvalue weighted by Crippen LogP contribution is -2.40. The third-order valence-corrected chi connectivity index (χ3v) is 2.31. The molecule has 0 spiro atoms. The fourth-order valence-corrected chi connectivity index (χ4v) is 1.59. The van der Waals surface area contributed by atoms with E-state index in [1.807, 2.05) is 18.7 Å². The van der Waals surface area contributed by atoms with Crippen LogP contribution in [0.5, 0.6) is 0 Å². The van der Waals surface area contributed by atoms with Crippen molar-refractivity contribution in [3.8, 4) is 12.3 Å². The van der Waals surface area contributed by atoms with E-state index in [2.05, 4.69) is 11.2 Å². The Morgan fingerprint density at radius 1 is 1.77 bits per heavy atom. The van der Waals surface area contributed by atoms with E-state index in [0.29, 0.717) is 12.6 Å². The van der Waals surface area contributed by atoms with E-state index in [0.717, 1.165) is 13.0 Å². The summed E-state index contributed by atoms with van der Waals surface area (Å²) in [7, 11) is 0. The second-order valence-corrected chi connectivity index (χ2v) is 3.55. The number of rotatable bonds is 3. The number of carbonyl (C=O) groups is 1. The molecule has 0 saturated carbocycles. The van der Waals surface area contributed by atoms with Crippen molar-refractivity contribution in [2.75, 3.05) is 13.1 Å². The van der Waals surface area contributed by atoms with E-state index in [4.69, 9.17) is 6.42 Å². The first-order valence-electron chi connectivity index (χ1n) is 4.64. The second-order valence-electron chi connectivity index (χ2n) is 3.55. The van der Waals surface area contributed by atoms with Crippen molar-refractivity contribution in [1.29, 1.82) is 0 Å². The van der Waals surface area contributed by atoms with Crippen LogP contribution in [-0.2, 0) is 4.79 Å². The lowest BCUT2D eigenvalue weighted by molar-refractivity contribution is -0.130. The van der Waals surface area contributed by atoms with Gasteiger partial charge in [0.25, 0.3) is 0 Å².